The normalized spacial score (nSPS) is 16.0. The van der Waals surface area contributed by atoms with E-state index >= 15 is 0 Å². The maximum Gasteiger partial charge on any atom is 0.232 e. The van der Waals surface area contributed by atoms with Gasteiger partial charge in [0.05, 0.1) is 20.1 Å². The lowest BCUT2D eigenvalue weighted by Gasteiger charge is -2.16. The zero-order valence-electron chi connectivity index (χ0n) is 13.3. The molecule has 1 N–H and O–H groups in total. The van der Waals surface area contributed by atoms with Crippen LogP contribution in [0.3, 0.4) is 0 Å². The van der Waals surface area contributed by atoms with Crippen molar-refractivity contribution in [3.63, 3.8) is 0 Å². The molecule has 120 valence electrons. The molecular weight excluding hydrogens is 358 g/mol. The SMILES string of the molecule is COc1cc(Br)cc(C[C@H]2C(=O)Nc3c(C)cccc32)c1OC. The lowest BCUT2D eigenvalue weighted by Crippen LogP contribution is -2.15. The van der Waals surface area contributed by atoms with E-state index in [2.05, 4.69) is 21.2 Å². The number of carbonyl (C=O) groups is 1. The first-order valence-electron chi connectivity index (χ1n) is 7.36. The van der Waals surface area contributed by atoms with Crippen LogP contribution >= 0.6 is 15.9 Å². The van der Waals surface area contributed by atoms with Crippen molar-refractivity contribution in [1.29, 1.82) is 0 Å². The van der Waals surface area contributed by atoms with Crippen LogP contribution < -0.4 is 14.8 Å². The second-order valence-electron chi connectivity index (χ2n) is 5.59. The van der Waals surface area contributed by atoms with Gasteiger partial charge in [0.25, 0.3) is 0 Å². The van der Waals surface area contributed by atoms with E-state index < -0.39 is 0 Å². The zero-order valence-corrected chi connectivity index (χ0v) is 14.9. The average molecular weight is 376 g/mol. The van der Waals surface area contributed by atoms with E-state index in [0.717, 1.165) is 26.9 Å². The lowest BCUT2D eigenvalue weighted by molar-refractivity contribution is -0.117. The Labute approximate surface area is 143 Å². The molecule has 3 rings (SSSR count). The number of ether oxygens (including phenoxy) is 2. The van der Waals surface area contributed by atoms with Crippen molar-refractivity contribution in [3.05, 3.63) is 51.5 Å². The van der Waals surface area contributed by atoms with Crippen molar-refractivity contribution in [3.8, 4) is 11.5 Å². The van der Waals surface area contributed by atoms with Crippen molar-refractivity contribution in [1.82, 2.24) is 0 Å². The third-order valence-electron chi connectivity index (χ3n) is 4.19. The largest absolute Gasteiger partial charge is 0.493 e. The molecular formula is C18H18BrNO3. The molecule has 23 heavy (non-hydrogen) atoms. The molecule has 0 saturated heterocycles. The van der Waals surface area contributed by atoms with Gasteiger partial charge in [-0.1, -0.05) is 34.1 Å². The molecule has 1 aliphatic rings. The second kappa shape index (κ2) is 6.24. The van der Waals surface area contributed by atoms with Crippen molar-refractivity contribution in [2.75, 3.05) is 19.5 Å². The first-order chi connectivity index (χ1) is 11.0. The van der Waals surface area contributed by atoms with Crippen molar-refractivity contribution in [2.24, 2.45) is 0 Å². The van der Waals surface area contributed by atoms with Gasteiger partial charge in [-0.25, -0.2) is 0 Å². The molecule has 0 aromatic heterocycles. The van der Waals surface area contributed by atoms with Gasteiger partial charge in [-0.3, -0.25) is 4.79 Å². The number of amides is 1. The zero-order chi connectivity index (χ0) is 16.6. The Hall–Kier alpha value is -2.01. The van der Waals surface area contributed by atoms with E-state index in [1.54, 1.807) is 14.2 Å². The maximum absolute atomic E-state index is 12.4. The Balaban J connectivity index is 2.02. The minimum atomic E-state index is -0.224. The summed E-state index contributed by atoms with van der Waals surface area (Å²) in [6, 6.07) is 9.83. The number of benzene rings is 2. The molecule has 0 radical (unpaired) electrons. The quantitative estimate of drug-likeness (QED) is 0.876. The molecule has 5 heteroatoms. The summed E-state index contributed by atoms with van der Waals surface area (Å²) >= 11 is 3.49. The van der Waals surface area contributed by atoms with Crippen molar-refractivity contribution in [2.45, 2.75) is 19.3 Å². The molecule has 2 aromatic rings. The number of carbonyl (C=O) groups excluding carboxylic acids is 1. The van der Waals surface area contributed by atoms with E-state index in [-0.39, 0.29) is 11.8 Å². The van der Waals surface area contributed by atoms with Crippen LogP contribution in [0.25, 0.3) is 0 Å². The fraction of sp³-hybridized carbons (Fsp3) is 0.278. The topological polar surface area (TPSA) is 47.6 Å². The fourth-order valence-electron chi connectivity index (χ4n) is 3.08. The average Bonchev–Trinajstić information content (AvgIpc) is 2.84. The number of fused-ring (bicyclic) bond motifs is 1. The van der Waals surface area contributed by atoms with E-state index in [0.29, 0.717) is 17.9 Å². The summed E-state index contributed by atoms with van der Waals surface area (Å²) in [5.74, 6) is 1.12. The van der Waals surface area contributed by atoms with Crippen molar-refractivity contribution < 1.29 is 14.3 Å². The van der Waals surface area contributed by atoms with Crippen LogP contribution in [0, 0.1) is 6.92 Å². The standard InChI is InChI=1S/C18H18BrNO3/c1-10-5-4-6-13-14(18(21)20-16(10)13)8-11-7-12(19)9-15(22-2)17(11)23-3/h4-7,9,14H,8H2,1-3H3,(H,20,21)/t14-/m1/s1. The summed E-state index contributed by atoms with van der Waals surface area (Å²) < 4.78 is 11.8. The summed E-state index contributed by atoms with van der Waals surface area (Å²) in [4.78, 5) is 12.4. The van der Waals surface area contributed by atoms with Gasteiger partial charge < -0.3 is 14.8 Å². The van der Waals surface area contributed by atoms with Crippen LogP contribution in [0.5, 0.6) is 11.5 Å². The monoisotopic (exact) mass is 375 g/mol. The van der Waals surface area contributed by atoms with E-state index in [1.165, 1.54) is 0 Å². The molecule has 0 bridgehead atoms. The minimum Gasteiger partial charge on any atom is -0.493 e. The number of aryl methyl sites for hydroxylation is 1. The molecule has 0 saturated carbocycles. The number of methoxy groups -OCH3 is 2. The number of halogens is 1. The summed E-state index contributed by atoms with van der Waals surface area (Å²) in [5.41, 5.74) is 3.99. The van der Waals surface area contributed by atoms with Crippen molar-refractivity contribution >= 4 is 27.5 Å². The molecule has 1 heterocycles. The third-order valence-corrected chi connectivity index (χ3v) is 4.65. The molecule has 1 amide bonds. The molecule has 0 spiro atoms. The number of anilines is 1. The van der Waals surface area contributed by atoms with Crippen LogP contribution in [0.4, 0.5) is 5.69 Å². The maximum atomic E-state index is 12.4. The Morgan fingerprint density at radius 3 is 2.70 bits per heavy atom. The Morgan fingerprint density at radius 2 is 2.00 bits per heavy atom. The van der Waals surface area contributed by atoms with Crippen LogP contribution in [0.15, 0.2) is 34.8 Å². The van der Waals surface area contributed by atoms with E-state index in [9.17, 15) is 4.79 Å². The summed E-state index contributed by atoms with van der Waals surface area (Å²) in [7, 11) is 3.22. The Kier molecular flexibility index (Phi) is 4.31. The predicted molar refractivity (Wildman–Crippen MR) is 93.5 cm³/mol. The van der Waals surface area contributed by atoms with Gasteiger partial charge >= 0.3 is 0 Å². The lowest BCUT2D eigenvalue weighted by atomic mass is 9.92. The van der Waals surface area contributed by atoms with Crippen LogP contribution in [0.2, 0.25) is 0 Å². The first-order valence-corrected chi connectivity index (χ1v) is 8.15. The smallest absolute Gasteiger partial charge is 0.232 e. The fourth-order valence-corrected chi connectivity index (χ4v) is 3.57. The van der Waals surface area contributed by atoms with Crippen LogP contribution in [0.1, 0.15) is 22.6 Å². The molecule has 0 unspecified atom stereocenters. The number of hydrogen-bond donors (Lipinski definition) is 1. The van der Waals surface area contributed by atoms with Gasteiger partial charge in [0, 0.05) is 15.7 Å². The molecule has 2 aromatic carbocycles. The molecule has 4 nitrogen and oxygen atoms in total. The van der Waals surface area contributed by atoms with Gasteiger partial charge in [0.1, 0.15) is 0 Å². The predicted octanol–water partition coefficient (Wildman–Crippen LogP) is 4.05. The number of hydrogen-bond acceptors (Lipinski definition) is 3. The Bertz CT molecular complexity index is 773. The molecule has 0 aliphatic carbocycles. The highest BCUT2D eigenvalue weighted by atomic mass is 79.9. The highest BCUT2D eigenvalue weighted by Crippen LogP contribution is 2.41. The molecule has 1 atom stereocenters. The highest BCUT2D eigenvalue weighted by Gasteiger charge is 2.32. The van der Waals surface area contributed by atoms with Gasteiger partial charge in [-0.2, -0.15) is 0 Å². The molecule has 1 aliphatic heterocycles. The van der Waals surface area contributed by atoms with Gasteiger partial charge in [0.2, 0.25) is 5.91 Å². The number of rotatable bonds is 4. The van der Waals surface area contributed by atoms with Crippen LogP contribution in [-0.4, -0.2) is 20.1 Å². The summed E-state index contributed by atoms with van der Waals surface area (Å²) in [6.45, 7) is 2.00. The van der Waals surface area contributed by atoms with Gasteiger partial charge in [0.15, 0.2) is 11.5 Å². The van der Waals surface area contributed by atoms with E-state index in [4.69, 9.17) is 9.47 Å². The number of nitrogens with one attached hydrogen (secondary N) is 1. The molecule has 0 fully saturated rings. The number of para-hydroxylation sites is 1. The Morgan fingerprint density at radius 1 is 1.22 bits per heavy atom. The minimum absolute atomic E-state index is 0.0234. The summed E-state index contributed by atoms with van der Waals surface area (Å²) in [5, 5.41) is 2.99. The first kappa shape index (κ1) is 15.9. The van der Waals surface area contributed by atoms with Gasteiger partial charge in [-0.15, -0.1) is 0 Å². The van der Waals surface area contributed by atoms with E-state index in [1.807, 2.05) is 37.3 Å². The summed E-state index contributed by atoms with van der Waals surface area (Å²) in [6.07, 6.45) is 0.557. The highest BCUT2D eigenvalue weighted by molar-refractivity contribution is 9.10. The third kappa shape index (κ3) is 2.81. The van der Waals surface area contributed by atoms with Crippen LogP contribution in [-0.2, 0) is 11.2 Å². The second-order valence-corrected chi connectivity index (χ2v) is 6.50. The van der Waals surface area contributed by atoms with Gasteiger partial charge in [-0.05, 0) is 36.6 Å².